The molecule has 1 atom stereocenters. The van der Waals surface area contributed by atoms with E-state index in [1.807, 2.05) is 0 Å². The van der Waals surface area contributed by atoms with Gasteiger partial charge in [0.15, 0.2) is 6.10 Å². The van der Waals surface area contributed by atoms with Crippen LogP contribution in [0.25, 0.3) is 0 Å². The van der Waals surface area contributed by atoms with Crippen LogP contribution in [0.5, 0.6) is 5.75 Å². The average molecular weight is 185 g/mol. The number of anilines is 1. The lowest BCUT2D eigenvalue weighted by Gasteiger charge is -2.04. The zero-order chi connectivity index (χ0) is 9.47. The number of rotatable bonds is 2. The minimum atomic E-state index is -2.64. The van der Waals surface area contributed by atoms with E-state index in [1.54, 1.807) is 24.3 Å². The van der Waals surface area contributed by atoms with Gasteiger partial charge in [-0.2, -0.15) is 0 Å². The summed E-state index contributed by atoms with van der Waals surface area (Å²) < 4.78 is 29.8. The molecule has 0 amide bonds. The normalized spacial score (nSPS) is 24.0. The molecule has 1 aliphatic rings. The maximum atomic E-state index is 12.4. The molecule has 2 nitrogen and oxygen atoms in total. The monoisotopic (exact) mass is 185 g/mol. The standard InChI is InChI=1S/C9H9F2NO/c10-9(11)5-8(9)13-7-3-1-6(12)2-4-7/h1-4,8H,5,12H2/t8-/m0/s1. The average Bonchev–Trinajstić information content (AvgIpc) is 2.64. The summed E-state index contributed by atoms with van der Waals surface area (Å²) in [6.07, 6.45) is -1.13. The minimum Gasteiger partial charge on any atom is -0.484 e. The molecule has 1 aromatic rings. The fourth-order valence-electron chi connectivity index (χ4n) is 1.03. The molecule has 2 rings (SSSR count). The molecule has 0 spiro atoms. The highest BCUT2D eigenvalue weighted by Gasteiger charge is 2.59. The Balaban J connectivity index is 2.00. The number of nitrogens with two attached hydrogens (primary N) is 1. The van der Waals surface area contributed by atoms with Gasteiger partial charge in [-0.05, 0) is 24.3 Å². The minimum absolute atomic E-state index is 0.183. The van der Waals surface area contributed by atoms with Crippen molar-refractivity contribution in [1.29, 1.82) is 0 Å². The zero-order valence-corrected chi connectivity index (χ0v) is 6.84. The van der Waals surface area contributed by atoms with E-state index < -0.39 is 12.0 Å². The lowest BCUT2D eigenvalue weighted by molar-refractivity contribution is 0.0665. The largest absolute Gasteiger partial charge is 0.484 e. The first-order valence-corrected chi connectivity index (χ1v) is 3.98. The number of hydrogen-bond acceptors (Lipinski definition) is 2. The summed E-state index contributed by atoms with van der Waals surface area (Å²) >= 11 is 0. The molecule has 70 valence electrons. The molecule has 1 aromatic carbocycles. The van der Waals surface area contributed by atoms with Crippen LogP contribution in [0.4, 0.5) is 14.5 Å². The Hall–Kier alpha value is -1.32. The lowest BCUT2D eigenvalue weighted by Crippen LogP contribution is -2.06. The van der Waals surface area contributed by atoms with Crippen molar-refractivity contribution in [2.75, 3.05) is 5.73 Å². The van der Waals surface area contributed by atoms with E-state index in [1.165, 1.54) is 0 Å². The summed E-state index contributed by atoms with van der Waals surface area (Å²) in [5.74, 6) is -2.20. The molecule has 0 saturated heterocycles. The number of alkyl halides is 2. The topological polar surface area (TPSA) is 35.2 Å². The van der Waals surface area contributed by atoms with Gasteiger partial charge in [0.25, 0.3) is 5.92 Å². The maximum Gasteiger partial charge on any atom is 0.288 e. The quantitative estimate of drug-likeness (QED) is 0.715. The molecule has 1 saturated carbocycles. The summed E-state index contributed by atoms with van der Waals surface area (Å²) in [5.41, 5.74) is 6.02. The Morgan fingerprint density at radius 2 is 1.85 bits per heavy atom. The van der Waals surface area contributed by atoms with Crippen LogP contribution in [0.1, 0.15) is 6.42 Å². The van der Waals surface area contributed by atoms with Gasteiger partial charge < -0.3 is 10.5 Å². The highest BCUT2D eigenvalue weighted by Crippen LogP contribution is 2.44. The second-order valence-corrected chi connectivity index (χ2v) is 3.14. The van der Waals surface area contributed by atoms with Crippen LogP contribution < -0.4 is 10.5 Å². The van der Waals surface area contributed by atoms with Crippen LogP contribution in [0.3, 0.4) is 0 Å². The Morgan fingerprint density at radius 3 is 2.31 bits per heavy atom. The number of halogens is 2. The maximum absolute atomic E-state index is 12.4. The van der Waals surface area contributed by atoms with Crippen molar-refractivity contribution in [3.05, 3.63) is 24.3 Å². The number of nitrogen functional groups attached to an aromatic ring is 1. The van der Waals surface area contributed by atoms with Crippen molar-refractivity contribution in [1.82, 2.24) is 0 Å². The molecule has 0 aliphatic heterocycles. The Morgan fingerprint density at radius 1 is 1.31 bits per heavy atom. The first-order valence-electron chi connectivity index (χ1n) is 3.98. The van der Waals surface area contributed by atoms with Crippen molar-refractivity contribution in [3.63, 3.8) is 0 Å². The molecular weight excluding hydrogens is 176 g/mol. The fraction of sp³-hybridized carbons (Fsp3) is 0.333. The molecule has 13 heavy (non-hydrogen) atoms. The second-order valence-electron chi connectivity index (χ2n) is 3.14. The Kier molecular flexibility index (Phi) is 1.65. The highest BCUT2D eigenvalue weighted by molar-refractivity contribution is 5.41. The van der Waals surface area contributed by atoms with Crippen molar-refractivity contribution >= 4 is 5.69 Å². The van der Waals surface area contributed by atoms with Crippen LogP contribution in [0, 0.1) is 0 Å². The zero-order valence-electron chi connectivity index (χ0n) is 6.84. The van der Waals surface area contributed by atoms with Gasteiger partial charge in [-0.1, -0.05) is 0 Å². The van der Waals surface area contributed by atoms with Gasteiger partial charge in [0, 0.05) is 5.69 Å². The molecule has 2 N–H and O–H groups in total. The highest BCUT2D eigenvalue weighted by atomic mass is 19.3. The summed E-state index contributed by atoms with van der Waals surface area (Å²) in [5, 5.41) is 0. The number of hydrogen-bond donors (Lipinski definition) is 1. The van der Waals surface area contributed by atoms with E-state index in [0.29, 0.717) is 11.4 Å². The molecular formula is C9H9F2NO. The fourth-order valence-corrected chi connectivity index (χ4v) is 1.03. The van der Waals surface area contributed by atoms with E-state index in [0.717, 1.165) is 0 Å². The molecule has 0 heterocycles. The molecule has 1 fully saturated rings. The molecule has 0 unspecified atom stereocenters. The van der Waals surface area contributed by atoms with Crippen LogP contribution in [-0.4, -0.2) is 12.0 Å². The van der Waals surface area contributed by atoms with Gasteiger partial charge in [0.1, 0.15) is 5.75 Å². The van der Waals surface area contributed by atoms with Crippen molar-refractivity contribution in [2.24, 2.45) is 0 Å². The van der Waals surface area contributed by atoms with Crippen LogP contribution in [-0.2, 0) is 0 Å². The first kappa shape index (κ1) is 8.29. The molecule has 0 radical (unpaired) electrons. The predicted molar refractivity (Wildman–Crippen MR) is 44.8 cm³/mol. The number of ether oxygens (including phenoxy) is 1. The smallest absolute Gasteiger partial charge is 0.288 e. The van der Waals surface area contributed by atoms with Crippen LogP contribution in [0.2, 0.25) is 0 Å². The summed E-state index contributed by atoms with van der Waals surface area (Å²) in [7, 11) is 0. The van der Waals surface area contributed by atoms with E-state index >= 15 is 0 Å². The molecule has 0 bridgehead atoms. The van der Waals surface area contributed by atoms with E-state index in [9.17, 15) is 8.78 Å². The molecule has 4 heteroatoms. The van der Waals surface area contributed by atoms with Crippen molar-refractivity contribution in [2.45, 2.75) is 18.4 Å². The SMILES string of the molecule is Nc1ccc(O[C@H]2CC2(F)F)cc1. The third kappa shape index (κ3) is 1.71. The first-order chi connectivity index (χ1) is 6.08. The predicted octanol–water partition coefficient (Wildman–Crippen LogP) is 2.06. The third-order valence-electron chi connectivity index (χ3n) is 1.93. The Bertz CT molecular complexity index is 310. The van der Waals surface area contributed by atoms with Gasteiger partial charge in [-0.3, -0.25) is 0 Å². The van der Waals surface area contributed by atoms with Gasteiger partial charge in [-0.15, -0.1) is 0 Å². The van der Waals surface area contributed by atoms with Gasteiger partial charge in [-0.25, -0.2) is 8.78 Å². The van der Waals surface area contributed by atoms with Crippen molar-refractivity contribution < 1.29 is 13.5 Å². The van der Waals surface area contributed by atoms with Crippen molar-refractivity contribution in [3.8, 4) is 5.75 Å². The summed E-state index contributed by atoms with van der Waals surface area (Å²) in [4.78, 5) is 0. The van der Waals surface area contributed by atoms with E-state index in [-0.39, 0.29) is 6.42 Å². The third-order valence-corrected chi connectivity index (χ3v) is 1.93. The lowest BCUT2D eigenvalue weighted by atomic mass is 10.3. The number of benzene rings is 1. The van der Waals surface area contributed by atoms with Crippen LogP contribution >= 0.6 is 0 Å². The van der Waals surface area contributed by atoms with E-state index in [2.05, 4.69) is 0 Å². The Labute approximate surface area is 74.3 Å². The molecule has 1 aliphatic carbocycles. The van der Waals surface area contributed by atoms with Crippen LogP contribution in [0.15, 0.2) is 24.3 Å². The van der Waals surface area contributed by atoms with Gasteiger partial charge in [0.2, 0.25) is 0 Å². The second kappa shape index (κ2) is 2.58. The summed E-state index contributed by atoms with van der Waals surface area (Å²) in [6, 6.07) is 6.42. The summed E-state index contributed by atoms with van der Waals surface area (Å²) in [6.45, 7) is 0. The van der Waals surface area contributed by atoms with E-state index in [4.69, 9.17) is 10.5 Å². The van der Waals surface area contributed by atoms with Gasteiger partial charge >= 0.3 is 0 Å². The molecule has 0 aromatic heterocycles. The van der Waals surface area contributed by atoms with Gasteiger partial charge in [0.05, 0.1) is 6.42 Å².